The molecule has 136 valence electrons. The molecule has 3 heterocycles. The first kappa shape index (κ1) is 17.9. The number of rotatable bonds is 5. The summed E-state index contributed by atoms with van der Waals surface area (Å²) < 4.78 is 2.01. The highest BCUT2D eigenvalue weighted by atomic mass is 32.1. The first-order valence-corrected chi connectivity index (χ1v) is 9.92. The van der Waals surface area contributed by atoms with E-state index in [0.717, 1.165) is 49.6 Å². The van der Waals surface area contributed by atoms with Crippen LogP contribution in [0.25, 0.3) is 0 Å². The van der Waals surface area contributed by atoms with E-state index in [0.29, 0.717) is 6.54 Å². The third-order valence-electron chi connectivity index (χ3n) is 4.74. The molecule has 1 fully saturated rings. The van der Waals surface area contributed by atoms with E-state index in [1.54, 1.807) is 0 Å². The quantitative estimate of drug-likeness (QED) is 0.658. The Bertz CT molecular complexity index is 690. The van der Waals surface area contributed by atoms with Gasteiger partial charge in [-0.2, -0.15) is 0 Å². The average molecular weight is 361 g/mol. The molecule has 1 atom stereocenters. The van der Waals surface area contributed by atoms with Crippen molar-refractivity contribution >= 4 is 17.3 Å². The Morgan fingerprint density at radius 1 is 1.44 bits per heavy atom. The molecule has 0 aliphatic carbocycles. The molecule has 1 unspecified atom stereocenters. The zero-order valence-corrected chi connectivity index (χ0v) is 16.2. The minimum absolute atomic E-state index is 0.559. The highest BCUT2D eigenvalue weighted by Gasteiger charge is 2.19. The molecule has 0 amide bonds. The number of thiophene rings is 1. The molecule has 25 heavy (non-hydrogen) atoms. The van der Waals surface area contributed by atoms with Crippen molar-refractivity contribution in [3.05, 3.63) is 34.0 Å². The molecule has 2 aromatic heterocycles. The fourth-order valence-corrected chi connectivity index (χ4v) is 3.85. The summed E-state index contributed by atoms with van der Waals surface area (Å²) in [6, 6.07) is 4.30. The number of aliphatic imine (C=N–C) groups is 1. The lowest BCUT2D eigenvalue weighted by Crippen LogP contribution is -2.46. The number of guanidine groups is 1. The van der Waals surface area contributed by atoms with Crippen LogP contribution in [-0.4, -0.2) is 45.3 Å². The smallest absolute Gasteiger partial charge is 0.194 e. The summed E-state index contributed by atoms with van der Waals surface area (Å²) >= 11 is 1.81. The molecule has 3 rings (SSSR count). The van der Waals surface area contributed by atoms with E-state index >= 15 is 0 Å². The number of aromatic nitrogens is 3. The van der Waals surface area contributed by atoms with Gasteiger partial charge in [0.25, 0.3) is 0 Å². The van der Waals surface area contributed by atoms with Gasteiger partial charge in [0.15, 0.2) is 11.8 Å². The van der Waals surface area contributed by atoms with Gasteiger partial charge < -0.3 is 14.8 Å². The Morgan fingerprint density at radius 2 is 2.32 bits per heavy atom. The van der Waals surface area contributed by atoms with Crippen LogP contribution in [0.3, 0.4) is 0 Å². The molecule has 1 aliphatic rings. The lowest BCUT2D eigenvalue weighted by Gasteiger charge is -2.33. The first-order chi connectivity index (χ1) is 12.1. The van der Waals surface area contributed by atoms with Crippen LogP contribution in [0.4, 0.5) is 0 Å². The van der Waals surface area contributed by atoms with E-state index in [4.69, 9.17) is 4.99 Å². The molecule has 0 bridgehead atoms. The van der Waals surface area contributed by atoms with Gasteiger partial charge in [-0.25, -0.2) is 4.99 Å². The maximum absolute atomic E-state index is 4.86. The molecule has 0 saturated carbocycles. The van der Waals surface area contributed by atoms with Crippen LogP contribution in [0, 0.1) is 12.8 Å². The summed E-state index contributed by atoms with van der Waals surface area (Å²) in [5.74, 6) is 3.54. The predicted octanol–water partition coefficient (Wildman–Crippen LogP) is 2.61. The van der Waals surface area contributed by atoms with Gasteiger partial charge in [0.2, 0.25) is 0 Å². The Kier molecular flexibility index (Phi) is 6.07. The van der Waals surface area contributed by atoms with E-state index in [-0.39, 0.29) is 0 Å². The number of likely N-dealkylation sites (tertiary alicyclic amines) is 1. The van der Waals surface area contributed by atoms with Crippen molar-refractivity contribution < 1.29 is 0 Å². The van der Waals surface area contributed by atoms with E-state index in [9.17, 15) is 0 Å². The fraction of sp³-hybridized carbons (Fsp3) is 0.611. The Labute approximate surface area is 154 Å². The van der Waals surface area contributed by atoms with Gasteiger partial charge in [0.1, 0.15) is 12.4 Å². The predicted molar refractivity (Wildman–Crippen MR) is 103 cm³/mol. The molecule has 2 aromatic rings. The summed E-state index contributed by atoms with van der Waals surface area (Å²) in [7, 11) is 1.99. The molecule has 6 nitrogen and oxygen atoms in total. The SMILES string of the molecule is Cc1nnc(CN=C(NCCc2cccs2)N2CCCC(C)C2)n1C. The fourth-order valence-electron chi connectivity index (χ4n) is 3.14. The molecule has 1 saturated heterocycles. The lowest BCUT2D eigenvalue weighted by atomic mass is 10.0. The van der Waals surface area contributed by atoms with Crippen molar-refractivity contribution in [3.8, 4) is 0 Å². The van der Waals surface area contributed by atoms with Crippen LogP contribution in [-0.2, 0) is 20.0 Å². The minimum Gasteiger partial charge on any atom is -0.356 e. The highest BCUT2D eigenvalue weighted by Crippen LogP contribution is 2.16. The molecule has 7 heteroatoms. The van der Waals surface area contributed by atoms with Crippen LogP contribution < -0.4 is 5.32 Å². The zero-order valence-electron chi connectivity index (χ0n) is 15.4. The third-order valence-corrected chi connectivity index (χ3v) is 5.68. The van der Waals surface area contributed by atoms with E-state index in [1.807, 2.05) is 29.9 Å². The van der Waals surface area contributed by atoms with Crippen molar-refractivity contribution in [1.82, 2.24) is 25.0 Å². The molecule has 1 N–H and O–H groups in total. The van der Waals surface area contributed by atoms with E-state index < -0.39 is 0 Å². The van der Waals surface area contributed by atoms with Crippen LogP contribution in [0.2, 0.25) is 0 Å². The van der Waals surface area contributed by atoms with Crippen LogP contribution in [0.15, 0.2) is 22.5 Å². The number of piperidine rings is 1. The van der Waals surface area contributed by atoms with Gasteiger partial charge in [0, 0.05) is 31.6 Å². The normalized spacial score (nSPS) is 18.6. The van der Waals surface area contributed by atoms with Gasteiger partial charge in [0.05, 0.1) is 0 Å². The van der Waals surface area contributed by atoms with Crippen LogP contribution >= 0.6 is 11.3 Å². The molecular weight excluding hydrogens is 332 g/mol. The second kappa shape index (κ2) is 8.47. The lowest BCUT2D eigenvalue weighted by molar-refractivity contribution is 0.265. The number of hydrogen-bond acceptors (Lipinski definition) is 4. The Morgan fingerprint density at radius 3 is 3.00 bits per heavy atom. The number of nitrogens with zero attached hydrogens (tertiary/aromatic N) is 5. The minimum atomic E-state index is 0.559. The Hall–Kier alpha value is -1.89. The van der Waals surface area contributed by atoms with Crippen molar-refractivity contribution in [2.45, 2.75) is 39.7 Å². The standard InChI is InChI=1S/C18H28N6S/c1-14-6-4-10-24(13-14)18(19-9-8-16-7-5-11-25-16)20-12-17-22-21-15(2)23(17)3/h5,7,11,14H,4,6,8-10,12-13H2,1-3H3,(H,19,20). The molecule has 0 radical (unpaired) electrons. The monoisotopic (exact) mass is 360 g/mol. The number of nitrogens with one attached hydrogen (secondary N) is 1. The van der Waals surface area contributed by atoms with E-state index in [2.05, 4.69) is 44.9 Å². The number of hydrogen-bond donors (Lipinski definition) is 1. The van der Waals surface area contributed by atoms with Crippen molar-refractivity contribution in [2.24, 2.45) is 18.0 Å². The van der Waals surface area contributed by atoms with Crippen LogP contribution in [0.5, 0.6) is 0 Å². The van der Waals surface area contributed by atoms with Gasteiger partial charge in [-0.05, 0) is 43.6 Å². The summed E-state index contributed by atoms with van der Waals surface area (Å²) in [4.78, 5) is 8.66. The summed E-state index contributed by atoms with van der Waals surface area (Å²) in [6.45, 7) is 7.90. The van der Waals surface area contributed by atoms with Crippen molar-refractivity contribution in [3.63, 3.8) is 0 Å². The van der Waals surface area contributed by atoms with Crippen LogP contribution in [0.1, 0.15) is 36.3 Å². The van der Waals surface area contributed by atoms with Crippen molar-refractivity contribution in [2.75, 3.05) is 19.6 Å². The molecule has 1 aliphatic heterocycles. The second-order valence-electron chi connectivity index (χ2n) is 6.81. The maximum Gasteiger partial charge on any atom is 0.194 e. The average Bonchev–Trinajstić information content (AvgIpc) is 3.22. The Balaban J connectivity index is 1.66. The molecular formula is C18H28N6S. The second-order valence-corrected chi connectivity index (χ2v) is 7.84. The van der Waals surface area contributed by atoms with Gasteiger partial charge in [-0.3, -0.25) is 0 Å². The van der Waals surface area contributed by atoms with Gasteiger partial charge in [-0.15, -0.1) is 21.5 Å². The largest absolute Gasteiger partial charge is 0.356 e. The first-order valence-electron chi connectivity index (χ1n) is 9.04. The summed E-state index contributed by atoms with van der Waals surface area (Å²) in [5, 5.41) is 14.1. The molecule has 0 spiro atoms. The third kappa shape index (κ3) is 4.81. The number of aryl methyl sites for hydroxylation is 1. The summed E-state index contributed by atoms with van der Waals surface area (Å²) in [5.41, 5.74) is 0. The zero-order chi connectivity index (χ0) is 17.6. The van der Waals surface area contributed by atoms with E-state index in [1.165, 1.54) is 17.7 Å². The van der Waals surface area contributed by atoms with Gasteiger partial charge >= 0.3 is 0 Å². The topological polar surface area (TPSA) is 58.3 Å². The van der Waals surface area contributed by atoms with Crippen molar-refractivity contribution in [1.29, 1.82) is 0 Å². The summed E-state index contributed by atoms with van der Waals surface area (Å²) in [6.07, 6.45) is 3.57. The highest BCUT2D eigenvalue weighted by molar-refractivity contribution is 7.09. The molecule has 0 aromatic carbocycles. The van der Waals surface area contributed by atoms with Gasteiger partial charge in [-0.1, -0.05) is 13.0 Å². The maximum atomic E-state index is 4.86.